The highest BCUT2D eigenvalue weighted by atomic mass is 35.5. The monoisotopic (exact) mass is 468 g/mol. The van der Waals surface area contributed by atoms with Crippen molar-refractivity contribution in [3.63, 3.8) is 0 Å². The number of halogens is 2. The van der Waals surface area contributed by atoms with E-state index in [0.29, 0.717) is 17.0 Å². The number of piperidine rings is 1. The Morgan fingerprint density at radius 3 is 2.61 bits per heavy atom. The highest BCUT2D eigenvalue weighted by Gasteiger charge is 2.22. The van der Waals surface area contributed by atoms with Crippen LogP contribution in [0.4, 0.5) is 4.39 Å². The van der Waals surface area contributed by atoms with Crippen molar-refractivity contribution >= 4 is 23.2 Å². The lowest BCUT2D eigenvalue weighted by Crippen LogP contribution is -2.31. The number of carbonyl (C=O) groups excluding carboxylic acids is 2. The molecule has 1 fully saturated rings. The van der Waals surface area contributed by atoms with Crippen LogP contribution >= 0.6 is 11.6 Å². The molecule has 0 unspecified atom stereocenters. The van der Waals surface area contributed by atoms with Crippen LogP contribution in [0.3, 0.4) is 0 Å². The molecule has 1 aliphatic heterocycles. The average Bonchev–Trinajstić information content (AvgIpc) is 3.30. The van der Waals surface area contributed by atoms with Gasteiger partial charge in [0.15, 0.2) is 11.6 Å². The summed E-state index contributed by atoms with van der Waals surface area (Å²) in [6.45, 7) is 3.76. The summed E-state index contributed by atoms with van der Waals surface area (Å²) in [7, 11) is 2.14. The zero-order valence-corrected chi connectivity index (χ0v) is 19.5. The van der Waals surface area contributed by atoms with Crippen LogP contribution in [0.25, 0.3) is 0 Å². The molecule has 3 heterocycles. The number of hydrogen-bond donors (Lipinski definition) is 1. The number of H-pyrrole nitrogens is 1. The maximum atomic E-state index is 14.5. The Hall–Kier alpha value is -2.90. The quantitative estimate of drug-likeness (QED) is 0.518. The Bertz CT molecular complexity index is 1170. The van der Waals surface area contributed by atoms with Gasteiger partial charge in [0, 0.05) is 37.0 Å². The highest BCUT2D eigenvalue weighted by molar-refractivity contribution is 6.35. The number of aryl methyl sites for hydroxylation is 1. The number of ketones is 2. The molecule has 0 amide bonds. The van der Waals surface area contributed by atoms with Crippen LogP contribution in [0.15, 0.2) is 36.8 Å². The zero-order valence-electron chi connectivity index (χ0n) is 18.7. The van der Waals surface area contributed by atoms with Crippen molar-refractivity contribution in [3.05, 3.63) is 81.4 Å². The van der Waals surface area contributed by atoms with Gasteiger partial charge >= 0.3 is 0 Å². The smallest absolute Gasteiger partial charge is 0.199 e. The third-order valence-corrected chi connectivity index (χ3v) is 6.50. The Balaban J connectivity index is 1.40. The predicted octanol–water partition coefficient (Wildman–Crippen LogP) is 4.45. The van der Waals surface area contributed by atoms with E-state index in [2.05, 4.69) is 26.9 Å². The second-order valence-corrected chi connectivity index (χ2v) is 9.15. The molecule has 1 aromatic carbocycles. The fourth-order valence-corrected chi connectivity index (χ4v) is 4.31. The van der Waals surface area contributed by atoms with E-state index in [-0.39, 0.29) is 34.0 Å². The lowest BCUT2D eigenvalue weighted by molar-refractivity contribution is 0.0988. The van der Waals surface area contributed by atoms with Gasteiger partial charge in [0.1, 0.15) is 11.6 Å². The number of rotatable bonds is 7. The fourth-order valence-electron chi connectivity index (χ4n) is 4.08. The molecule has 172 valence electrons. The molecule has 0 atom stereocenters. The minimum atomic E-state index is -0.654. The normalized spacial score (nSPS) is 15.0. The van der Waals surface area contributed by atoms with E-state index in [1.807, 2.05) is 0 Å². The maximum absolute atomic E-state index is 14.5. The zero-order chi connectivity index (χ0) is 23.5. The Kier molecular flexibility index (Phi) is 7.00. The van der Waals surface area contributed by atoms with Crippen LogP contribution < -0.4 is 0 Å². The summed E-state index contributed by atoms with van der Waals surface area (Å²) in [6, 6.07) is 4.43. The number of aromatic amines is 1. The molecule has 1 aliphatic rings. The number of nitrogens with zero attached hydrogens (tertiary/aromatic N) is 3. The first-order valence-electron chi connectivity index (χ1n) is 11.0. The third-order valence-electron chi connectivity index (χ3n) is 6.19. The first kappa shape index (κ1) is 23.3. The summed E-state index contributed by atoms with van der Waals surface area (Å²) in [4.78, 5) is 39.5. The summed E-state index contributed by atoms with van der Waals surface area (Å²) in [5.41, 5.74) is 1.27. The summed E-state index contributed by atoms with van der Waals surface area (Å²) in [5.74, 6) is -0.0467. The molecule has 0 radical (unpaired) electrons. The molecule has 3 aromatic rings. The van der Waals surface area contributed by atoms with Gasteiger partial charge in [0.25, 0.3) is 0 Å². The van der Waals surface area contributed by atoms with Crippen LogP contribution in [0.1, 0.15) is 56.2 Å². The van der Waals surface area contributed by atoms with E-state index in [9.17, 15) is 14.0 Å². The standard InChI is InChI=1S/C25H26ClFN4O2/c1-15-3-4-19(26)23(24(15)27)25(33)18-11-20(28-14-18)21(32)9-17-12-29-22(30-13-17)10-16-5-7-31(2)8-6-16/h3-4,11-14,16,28H,5-10H2,1-2H3. The summed E-state index contributed by atoms with van der Waals surface area (Å²) in [5, 5.41) is 0.0367. The molecule has 0 bridgehead atoms. The van der Waals surface area contributed by atoms with Gasteiger partial charge in [0.05, 0.1) is 16.3 Å². The first-order valence-corrected chi connectivity index (χ1v) is 11.4. The van der Waals surface area contributed by atoms with Gasteiger partial charge in [-0.05, 0) is 69.1 Å². The lowest BCUT2D eigenvalue weighted by Gasteiger charge is -2.28. The molecular weight excluding hydrogens is 443 g/mol. The molecule has 4 rings (SSSR count). The van der Waals surface area contributed by atoms with E-state index in [1.165, 1.54) is 24.4 Å². The number of aromatic nitrogens is 3. The van der Waals surface area contributed by atoms with Crippen LogP contribution in [0, 0.1) is 18.7 Å². The molecule has 1 saturated heterocycles. The predicted molar refractivity (Wildman–Crippen MR) is 124 cm³/mol. The molecule has 8 heteroatoms. The Morgan fingerprint density at radius 2 is 1.91 bits per heavy atom. The number of benzene rings is 1. The van der Waals surface area contributed by atoms with E-state index in [1.54, 1.807) is 19.3 Å². The van der Waals surface area contributed by atoms with Crippen molar-refractivity contribution in [2.24, 2.45) is 5.92 Å². The molecule has 6 nitrogen and oxygen atoms in total. The third kappa shape index (κ3) is 5.37. The van der Waals surface area contributed by atoms with E-state index < -0.39 is 11.6 Å². The van der Waals surface area contributed by atoms with Crippen LogP contribution in [-0.2, 0) is 12.8 Å². The molecule has 0 spiro atoms. The molecule has 0 saturated carbocycles. The van der Waals surface area contributed by atoms with Gasteiger partial charge in [-0.2, -0.15) is 0 Å². The topological polar surface area (TPSA) is 79.0 Å². The Morgan fingerprint density at radius 1 is 1.21 bits per heavy atom. The van der Waals surface area contributed by atoms with E-state index in [4.69, 9.17) is 11.6 Å². The van der Waals surface area contributed by atoms with Crippen molar-refractivity contribution in [2.45, 2.75) is 32.6 Å². The van der Waals surface area contributed by atoms with E-state index >= 15 is 0 Å². The van der Waals surface area contributed by atoms with Crippen molar-refractivity contribution < 1.29 is 14.0 Å². The fraction of sp³-hybridized carbons (Fsp3) is 0.360. The van der Waals surface area contributed by atoms with Crippen molar-refractivity contribution in [3.8, 4) is 0 Å². The van der Waals surface area contributed by atoms with Crippen molar-refractivity contribution in [1.29, 1.82) is 0 Å². The van der Waals surface area contributed by atoms with Gasteiger partial charge < -0.3 is 9.88 Å². The number of hydrogen-bond acceptors (Lipinski definition) is 5. The lowest BCUT2D eigenvalue weighted by atomic mass is 9.93. The number of carbonyl (C=O) groups is 2. The molecule has 2 aromatic heterocycles. The highest BCUT2D eigenvalue weighted by Crippen LogP contribution is 2.25. The average molecular weight is 469 g/mol. The van der Waals surface area contributed by atoms with Gasteiger partial charge in [-0.1, -0.05) is 17.7 Å². The molecule has 33 heavy (non-hydrogen) atoms. The number of Topliss-reactive ketones (excluding diaryl/α,β-unsaturated/α-hetero) is 1. The summed E-state index contributed by atoms with van der Waals surface area (Å²) in [6.07, 6.45) is 8.01. The molecule has 0 aliphatic carbocycles. The minimum absolute atomic E-state index is 0.0367. The van der Waals surface area contributed by atoms with Crippen LogP contribution in [-0.4, -0.2) is 51.6 Å². The second kappa shape index (κ2) is 9.93. The molecular formula is C25H26ClFN4O2. The van der Waals surface area contributed by atoms with Crippen molar-refractivity contribution in [1.82, 2.24) is 19.9 Å². The largest absolute Gasteiger partial charge is 0.358 e. The van der Waals surface area contributed by atoms with Gasteiger partial charge in [-0.3, -0.25) is 9.59 Å². The SMILES string of the molecule is Cc1ccc(Cl)c(C(=O)c2c[nH]c(C(=O)Cc3cnc(CC4CCN(C)CC4)nc3)c2)c1F. The van der Waals surface area contributed by atoms with Crippen LogP contribution in [0.5, 0.6) is 0 Å². The Labute approximate surface area is 197 Å². The van der Waals surface area contributed by atoms with Crippen LogP contribution in [0.2, 0.25) is 5.02 Å². The minimum Gasteiger partial charge on any atom is -0.358 e. The second-order valence-electron chi connectivity index (χ2n) is 8.74. The van der Waals surface area contributed by atoms with E-state index in [0.717, 1.165) is 38.2 Å². The molecule has 1 N–H and O–H groups in total. The van der Waals surface area contributed by atoms with Crippen molar-refractivity contribution in [2.75, 3.05) is 20.1 Å². The number of likely N-dealkylation sites (tertiary alicyclic amines) is 1. The van der Waals surface area contributed by atoms with Gasteiger partial charge in [0.2, 0.25) is 0 Å². The summed E-state index contributed by atoms with van der Waals surface area (Å²) < 4.78 is 14.5. The van der Waals surface area contributed by atoms with Gasteiger partial charge in [-0.25, -0.2) is 14.4 Å². The summed E-state index contributed by atoms with van der Waals surface area (Å²) >= 11 is 6.05. The number of nitrogens with one attached hydrogen (secondary N) is 1. The maximum Gasteiger partial charge on any atom is 0.199 e. The first-order chi connectivity index (χ1) is 15.8. The van der Waals surface area contributed by atoms with Gasteiger partial charge in [-0.15, -0.1) is 0 Å².